The molecule has 0 atom stereocenters. The minimum atomic E-state index is 0.0654. The molecule has 3 heterocycles. The zero-order valence-corrected chi connectivity index (χ0v) is 16.9. The molecule has 0 unspecified atom stereocenters. The van der Waals surface area contributed by atoms with Gasteiger partial charge in [-0.2, -0.15) is 0 Å². The Balaban J connectivity index is 1.50. The van der Waals surface area contributed by atoms with E-state index in [1.807, 2.05) is 10.8 Å². The molecule has 3 rings (SSSR count). The van der Waals surface area contributed by atoms with Crippen LogP contribution in [0.1, 0.15) is 12.1 Å². The van der Waals surface area contributed by atoms with Crippen LogP contribution in [-0.2, 0) is 16.2 Å². The Morgan fingerprint density at radius 3 is 2.87 bits per heavy atom. The summed E-state index contributed by atoms with van der Waals surface area (Å²) in [5, 5.41) is 13.9. The third-order valence-corrected chi connectivity index (χ3v) is 4.64. The van der Waals surface area contributed by atoms with Crippen molar-refractivity contribution in [3.63, 3.8) is 0 Å². The van der Waals surface area contributed by atoms with Gasteiger partial charge in [0.2, 0.25) is 5.62 Å². The second-order valence-corrected chi connectivity index (χ2v) is 6.92. The molecule has 0 spiro atoms. The number of carbonyl (C=O) groups is 1. The van der Waals surface area contributed by atoms with E-state index in [0.717, 1.165) is 6.42 Å². The van der Waals surface area contributed by atoms with E-state index < -0.39 is 0 Å². The van der Waals surface area contributed by atoms with Crippen LogP contribution in [0.25, 0.3) is 5.82 Å². The van der Waals surface area contributed by atoms with E-state index in [1.54, 1.807) is 34.5 Å². The number of hydrogen-bond donors (Lipinski definition) is 3. The first kappa shape index (κ1) is 21.2. The largest absolute Gasteiger partial charge is 0.488 e. The third-order valence-electron chi connectivity index (χ3n) is 3.97. The van der Waals surface area contributed by atoms with Crippen LogP contribution in [0.2, 0.25) is 0 Å². The normalized spacial score (nSPS) is 11.4. The number of nitrogens with zero attached hydrogens (tertiary/aromatic N) is 5. The number of anilines is 1. The topological polar surface area (TPSA) is 159 Å². The first-order valence-corrected chi connectivity index (χ1v) is 9.98. The van der Waals surface area contributed by atoms with Crippen LogP contribution >= 0.6 is 11.3 Å². The molecule has 3 aromatic heterocycles. The fourth-order valence-electron chi connectivity index (χ4n) is 2.50. The molecule has 0 saturated carbocycles. The number of nitrogens with one attached hydrogen (secondary N) is 1. The molecule has 0 radical (unpaired) electrons. The fourth-order valence-corrected chi connectivity index (χ4v) is 3.06. The van der Waals surface area contributed by atoms with E-state index >= 15 is 0 Å². The molecular formula is C18H22N8O3S. The summed E-state index contributed by atoms with van der Waals surface area (Å²) in [6.45, 7) is 1.61. The van der Waals surface area contributed by atoms with Gasteiger partial charge in [0.05, 0.1) is 6.20 Å². The first-order valence-electron chi connectivity index (χ1n) is 9.10. The lowest BCUT2D eigenvalue weighted by Gasteiger charge is -2.07. The van der Waals surface area contributed by atoms with Gasteiger partial charge in [0.15, 0.2) is 23.7 Å². The highest BCUT2D eigenvalue weighted by Crippen LogP contribution is 2.12. The molecule has 158 valence electrons. The zero-order chi connectivity index (χ0) is 21.3. The van der Waals surface area contributed by atoms with E-state index in [-0.39, 0.29) is 18.9 Å². The summed E-state index contributed by atoms with van der Waals surface area (Å²) >= 11 is 1.21. The van der Waals surface area contributed by atoms with Crippen LogP contribution in [0.4, 0.5) is 5.13 Å². The second kappa shape index (κ2) is 10.3. The van der Waals surface area contributed by atoms with Gasteiger partial charge in [-0.05, 0) is 25.1 Å². The Bertz CT molecular complexity index is 1050. The number of rotatable bonds is 11. The minimum Gasteiger partial charge on any atom is -0.488 e. The van der Waals surface area contributed by atoms with E-state index in [0.29, 0.717) is 47.4 Å². The predicted molar refractivity (Wildman–Crippen MR) is 112 cm³/mol. The number of carbonyl (C=O) groups excluding carboxylic acids is 1. The van der Waals surface area contributed by atoms with Crippen LogP contribution in [0.5, 0.6) is 5.75 Å². The number of ether oxygens (including phenoxy) is 1. The maximum Gasteiger partial charge on any atom is 0.207 e. The number of aldehydes is 1. The lowest BCUT2D eigenvalue weighted by Crippen LogP contribution is -2.24. The van der Waals surface area contributed by atoms with E-state index in [1.165, 1.54) is 11.3 Å². The summed E-state index contributed by atoms with van der Waals surface area (Å²) in [6.07, 6.45) is 6.54. The standard InChI is InChI=1S/C18H22N8O3S/c19-4-1-5-25-6-7-26(18(25)21)16-3-2-13(10-22-16)28-8-9-29-24-14(11-27)15-12-30-17(20)23-15/h2-3,6-7,10-12,21H,1,4-5,8-9,19H2,(H2,20,23)/b21-18?,24-14+. The maximum atomic E-state index is 11.1. The van der Waals surface area contributed by atoms with Crippen molar-refractivity contribution in [1.82, 2.24) is 19.1 Å². The average Bonchev–Trinajstić information content (AvgIpc) is 3.35. The number of nitrogen functional groups attached to an aromatic ring is 1. The lowest BCUT2D eigenvalue weighted by molar-refractivity contribution is -0.102. The summed E-state index contributed by atoms with van der Waals surface area (Å²) in [4.78, 5) is 24.5. The number of thiazole rings is 1. The van der Waals surface area contributed by atoms with Crippen LogP contribution < -0.4 is 21.8 Å². The molecule has 0 aliphatic heterocycles. The number of oxime groups is 1. The van der Waals surface area contributed by atoms with Gasteiger partial charge in [-0.15, -0.1) is 11.3 Å². The molecule has 12 heteroatoms. The van der Waals surface area contributed by atoms with Gasteiger partial charge in [-0.25, -0.2) is 9.97 Å². The molecule has 0 saturated heterocycles. The maximum absolute atomic E-state index is 11.1. The van der Waals surface area contributed by atoms with Crippen molar-refractivity contribution in [1.29, 1.82) is 5.41 Å². The molecule has 5 N–H and O–H groups in total. The van der Waals surface area contributed by atoms with Crippen LogP contribution in [0, 0.1) is 5.41 Å². The summed E-state index contributed by atoms with van der Waals surface area (Å²) in [7, 11) is 0. The van der Waals surface area contributed by atoms with Crippen molar-refractivity contribution < 1.29 is 14.4 Å². The SMILES string of the molecule is N=c1n(CCCN)ccn1-c1ccc(OCCO/N=C(\C=O)c2csc(N)n2)cn1. The van der Waals surface area contributed by atoms with Gasteiger partial charge in [0.25, 0.3) is 0 Å². The Hall–Kier alpha value is -3.51. The minimum absolute atomic E-state index is 0.0654. The average molecular weight is 430 g/mol. The smallest absolute Gasteiger partial charge is 0.207 e. The summed E-state index contributed by atoms with van der Waals surface area (Å²) in [5.74, 6) is 1.15. The third kappa shape index (κ3) is 5.30. The number of imidazole rings is 1. The van der Waals surface area contributed by atoms with Crippen LogP contribution in [-0.4, -0.2) is 50.9 Å². The molecular weight excluding hydrogens is 408 g/mol. The van der Waals surface area contributed by atoms with Crippen molar-refractivity contribution >= 4 is 28.5 Å². The highest BCUT2D eigenvalue weighted by molar-refractivity contribution is 7.13. The highest BCUT2D eigenvalue weighted by Gasteiger charge is 2.08. The monoisotopic (exact) mass is 430 g/mol. The van der Waals surface area contributed by atoms with Gasteiger partial charge in [-0.1, -0.05) is 5.16 Å². The van der Waals surface area contributed by atoms with E-state index in [4.69, 9.17) is 26.5 Å². The molecule has 0 aliphatic carbocycles. The van der Waals surface area contributed by atoms with Gasteiger partial charge < -0.3 is 25.6 Å². The fraction of sp³-hybridized carbons (Fsp3) is 0.278. The number of aromatic nitrogens is 4. The molecule has 0 bridgehead atoms. The summed E-state index contributed by atoms with van der Waals surface area (Å²) < 4.78 is 9.04. The zero-order valence-electron chi connectivity index (χ0n) is 16.1. The van der Waals surface area contributed by atoms with Crippen molar-refractivity contribution in [3.8, 4) is 11.6 Å². The van der Waals surface area contributed by atoms with E-state index in [2.05, 4.69) is 15.1 Å². The molecule has 0 aliphatic rings. The van der Waals surface area contributed by atoms with Crippen molar-refractivity contribution in [2.75, 3.05) is 25.5 Å². The van der Waals surface area contributed by atoms with Crippen molar-refractivity contribution in [3.05, 3.63) is 47.4 Å². The Kier molecular flexibility index (Phi) is 7.29. The number of aryl methyl sites for hydroxylation is 1. The molecule has 30 heavy (non-hydrogen) atoms. The number of pyridine rings is 1. The molecule has 0 fully saturated rings. The molecule has 3 aromatic rings. The van der Waals surface area contributed by atoms with Crippen LogP contribution in [0.15, 0.2) is 41.3 Å². The van der Waals surface area contributed by atoms with E-state index in [9.17, 15) is 4.79 Å². The van der Waals surface area contributed by atoms with Gasteiger partial charge >= 0.3 is 0 Å². The summed E-state index contributed by atoms with van der Waals surface area (Å²) in [5.41, 5.74) is 11.8. The van der Waals surface area contributed by atoms with Crippen molar-refractivity contribution in [2.45, 2.75) is 13.0 Å². The summed E-state index contributed by atoms with van der Waals surface area (Å²) in [6, 6.07) is 3.51. The van der Waals surface area contributed by atoms with Gasteiger partial charge in [0.1, 0.15) is 23.9 Å². The number of nitrogens with two attached hydrogens (primary N) is 2. The Morgan fingerprint density at radius 1 is 1.33 bits per heavy atom. The van der Waals surface area contributed by atoms with Crippen LogP contribution in [0.3, 0.4) is 0 Å². The van der Waals surface area contributed by atoms with Gasteiger partial charge in [-0.3, -0.25) is 14.8 Å². The molecule has 0 aromatic carbocycles. The number of hydrogen-bond acceptors (Lipinski definition) is 10. The highest BCUT2D eigenvalue weighted by atomic mass is 32.1. The quantitative estimate of drug-likeness (QED) is 0.173. The first-order chi connectivity index (χ1) is 14.6. The Labute approximate surface area is 176 Å². The van der Waals surface area contributed by atoms with Gasteiger partial charge in [0, 0.05) is 24.3 Å². The Morgan fingerprint density at radius 2 is 2.20 bits per heavy atom. The lowest BCUT2D eigenvalue weighted by atomic mass is 10.3. The molecule has 11 nitrogen and oxygen atoms in total. The molecule has 0 amide bonds. The van der Waals surface area contributed by atoms with Crippen molar-refractivity contribution in [2.24, 2.45) is 10.9 Å². The predicted octanol–water partition coefficient (Wildman–Crippen LogP) is 0.539. The second-order valence-electron chi connectivity index (χ2n) is 6.03.